The Bertz CT molecular complexity index is 748. The van der Waals surface area contributed by atoms with Crippen molar-refractivity contribution in [2.45, 2.75) is 24.5 Å². The molecule has 14 heteroatoms. The summed E-state index contributed by atoms with van der Waals surface area (Å²) in [5.74, 6) is -0.710. The second-order valence-corrected chi connectivity index (χ2v) is 9.30. The Balaban J connectivity index is 0.00000364. The van der Waals surface area contributed by atoms with E-state index in [2.05, 4.69) is 25.8 Å². The van der Waals surface area contributed by atoms with Crippen molar-refractivity contribution in [1.29, 1.82) is 0 Å². The van der Waals surface area contributed by atoms with Crippen LogP contribution in [0, 0.1) is 0 Å². The first-order chi connectivity index (χ1) is 12.1. The Morgan fingerprint density at radius 1 is 1.30 bits per heavy atom. The number of hydrogen-bond donors (Lipinski definition) is 0. The average Bonchev–Trinajstić information content (AvgIpc) is 2.97. The zero-order valence-electron chi connectivity index (χ0n) is 15.6. The van der Waals surface area contributed by atoms with Crippen LogP contribution in [0.1, 0.15) is 13.8 Å². The van der Waals surface area contributed by atoms with Crippen LogP contribution >= 0.6 is 31.3 Å². The molecule has 0 aromatic carbocycles. The molecule has 0 bridgehead atoms. The van der Waals surface area contributed by atoms with Gasteiger partial charge in [0.05, 0.1) is 5.25 Å². The minimum atomic E-state index is -4.57. The van der Waals surface area contributed by atoms with Crippen LogP contribution in [0.3, 0.4) is 0 Å². The third kappa shape index (κ3) is 6.15. The van der Waals surface area contributed by atoms with E-state index in [-0.39, 0.29) is 45.9 Å². The predicted molar refractivity (Wildman–Crippen MR) is 98.3 cm³/mol. The zero-order valence-corrected chi connectivity index (χ0v) is 20.1. The van der Waals surface area contributed by atoms with Gasteiger partial charge < -0.3 is 9.42 Å². The first-order valence-electron chi connectivity index (χ1n) is 7.33. The van der Waals surface area contributed by atoms with E-state index in [1.807, 2.05) is 0 Å². The summed E-state index contributed by atoms with van der Waals surface area (Å²) in [7, 11) is -2.21. The number of phosphoric ester groups is 1. The molecule has 144 valence electrons. The topological polar surface area (TPSA) is 124 Å². The molecule has 0 aliphatic carbocycles. The molecule has 2 fully saturated rings. The van der Waals surface area contributed by atoms with Crippen molar-refractivity contribution in [3.63, 3.8) is 0 Å². The fraction of sp³-hybridized carbons (Fsp3) is 0.538. The van der Waals surface area contributed by atoms with Crippen LogP contribution in [-0.4, -0.2) is 63.3 Å². The van der Waals surface area contributed by atoms with Crippen LogP contribution in [0.15, 0.2) is 22.4 Å². The largest absolute Gasteiger partial charge is 1.00 e. The van der Waals surface area contributed by atoms with E-state index in [9.17, 15) is 19.0 Å². The first kappa shape index (κ1) is 24.9. The summed E-state index contributed by atoms with van der Waals surface area (Å²) in [5, 5.41) is 8.28. The fourth-order valence-electron chi connectivity index (χ4n) is 1.96. The van der Waals surface area contributed by atoms with Gasteiger partial charge in [0.1, 0.15) is 0 Å². The predicted octanol–water partition coefficient (Wildman–Crippen LogP) is -2.18. The van der Waals surface area contributed by atoms with E-state index in [1.54, 1.807) is 13.8 Å². The number of rotatable bonds is 6. The molecule has 0 spiro atoms. The minimum absolute atomic E-state index is 0. The SMILES string of the molecule is C=C(C)CN1C(=O)[C@@H](C)SC1=N/N=C1/S[C@H](OP(=O)([O-])OC)C(=O)N1C.[Na+]. The molecule has 0 saturated carbocycles. The minimum Gasteiger partial charge on any atom is -0.756 e. The number of amides is 2. The van der Waals surface area contributed by atoms with Crippen LogP contribution in [0.25, 0.3) is 0 Å². The van der Waals surface area contributed by atoms with Gasteiger partial charge in [0.25, 0.3) is 13.7 Å². The molecular weight excluding hydrogens is 426 g/mol. The molecule has 2 rings (SSSR count). The van der Waals surface area contributed by atoms with Crippen LogP contribution in [0.5, 0.6) is 0 Å². The second-order valence-electron chi connectivity index (χ2n) is 5.49. The van der Waals surface area contributed by atoms with Gasteiger partial charge in [-0.05, 0) is 25.6 Å². The van der Waals surface area contributed by atoms with Gasteiger partial charge in [0.15, 0.2) is 15.8 Å². The second kappa shape index (κ2) is 10.0. The summed E-state index contributed by atoms with van der Waals surface area (Å²) in [6.07, 6.45) is 0. The number of carbonyl (C=O) groups is 2. The maximum Gasteiger partial charge on any atom is 1.00 e. The number of hydrogen-bond acceptors (Lipinski definition) is 10. The number of phosphoric acid groups is 1. The molecule has 0 radical (unpaired) electrons. The van der Waals surface area contributed by atoms with E-state index in [0.29, 0.717) is 11.7 Å². The first-order valence-corrected chi connectivity index (χ1v) is 10.5. The van der Waals surface area contributed by atoms with Crippen molar-refractivity contribution in [2.24, 2.45) is 10.2 Å². The molecule has 10 nitrogen and oxygen atoms in total. The number of carbonyl (C=O) groups excluding carboxylic acids is 2. The Kier molecular flexibility index (Phi) is 9.25. The van der Waals surface area contributed by atoms with E-state index in [1.165, 1.54) is 23.7 Å². The van der Waals surface area contributed by atoms with Crippen LogP contribution < -0.4 is 34.5 Å². The van der Waals surface area contributed by atoms with Gasteiger partial charge in [0, 0.05) is 20.7 Å². The molecule has 2 aliphatic rings. The number of nitrogens with zero attached hydrogens (tertiary/aromatic N) is 4. The number of likely N-dealkylation sites (N-methyl/N-ethyl adjacent to an activating group) is 1. The van der Waals surface area contributed by atoms with Gasteiger partial charge >= 0.3 is 29.6 Å². The van der Waals surface area contributed by atoms with Gasteiger partial charge in [-0.2, -0.15) is 0 Å². The Morgan fingerprint density at radius 3 is 2.44 bits per heavy atom. The quantitative estimate of drug-likeness (QED) is 0.196. The van der Waals surface area contributed by atoms with E-state index < -0.39 is 19.2 Å². The van der Waals surface area contributed by atoms with Crippen molar-refractivity contribution >= 4 is 53.5 Å². The van der Waals surface area contributed by atoms with Gasteiger partial charge in [-0.15, -0.1) is 10.2 Å². The van der Waals surface area contributed by atoms with Crippen LogP contribution in [0.4, 0.5) is 0 Å². The summed E-state index contributed by atoms with van der Waals surface area (Å²) in [6, 6.07) is 0. The molecule has 3 atom stereocenters. The molecule has 2 aliphatic heterocycles. The Hall–Kier alpha value is -0.170. The van der Waals surface area contributed by atoms with E-state index in [0.717, 1.165) is 29.3 Å². The smallest absolute Gasteiger partial charge is 0.756 e. The Morgan fingerprint density at radius 2 is 1.89 bits per heavy atom. The van der Waals surface area contributed by atoms with Crippen LogP contribution in [-0.2, 0) is 23.2 Å². The maximum atomic E-state index is 12.2. The van der Waals surface area contributed by atoms with E-state index >= 15 is 0 Å². The third-order valence-electron chi connectivity index (χ3n) is 3.26. The molecule has 27 heavy (non-hydrogen) atoms. The molecule has 0 N–H and O–H groups in total. The average molecular weight is 444 g/mol. The van der Waals surface area contributed by atoms with Crippen LogP contribution in [0.2, 0.25) is 0 Å². The molecule has 1 unspecified atom stereocenters. The summed E-state index contributed by atoms with van der Waals surface area (Å²) in [5.41, 5.74) is -0.541. The fourth-order valence-corrected chi connectivity index (χ4v) is 4.56. The van der Waals surface area contributed by atoms with Gasteiger partial charge in [-0.1, -0.05) is 23.9 Å². The van der Waals surface area contributed by atoms with Crippen molar-refractivity contribution in [3.05, 3.63) is 12.2 Å². The molecule has 0 aromatic rings. The molecule has 2 heterocycles. The molecule has 2 saturated heterocycles. The molecular formula is C13H18N4NaO6PS2. The summed E-state index contributed by atoms with van der Waals surface area (Å²) < 4.78 is 20.3. The van der Waals surface area contributed by atoms with Crippen molar-refractivity contribution in [2.75, 3.05) is 20.7 Å². The van der Waals surface area contributed by atoms with Gasteiger partial charge in [0.2, 0.25) is 5.91 Å². The van der Waals surface area contributed by atoms with E-state index in [4.69, 9.17) is 0 Å². The van der Waals surface area contributed by atoms with Crippen molar-refractivity contribution < 1.29 is 57.7 Å². The number of thioether (sulfide) groups is 2. The summed E-state index contributed by atoms with van der Waals surface area (Å²) in [4.78, 5) is 38.2. The number of amidine groups is 2. The normalized spacial score (nSPS) is 28.0. The maximum absolute atomic E-state index is 12.2. The van der Waals surface area contributed by atoms with Gasteiger partial charge in [-0.3, -0.25) is 28.5 Å². The zero-order chi connectivity index (χ0) is 19.6. The van der Waals surface area contributed by atoms with Crippen molar-refractivity contribution in [1.82, 2.24) is 9.80 Å². The monoisotopic (exact) mass is 444 g/mol. The van der Waals surface area contributed by atoms with Crippen molar-refractivity contribution in [3.8, 4) is 0 Å². The standard InChI is InChI=1S/C13H19N4O6PS2.Na/c1-7(2)6-17-9(18)8(3)25-13(17)15-14-12-16(4)10(19)11(26-12)23-24(20,21)22-5;/h8,11H,1,6H2,2-5H3,(H,20,21);/q;+1/p-1/b14-12+,15-13?;/t8-,11+;/m1./s1. The summed E-state index contributed by atoms with van der Waals surface area (Å²) in [6.45, 7) is 7.66. The van der Waals surface area contributed by atoms with Gasteiger partial charge in [-0.25, -0.2) is 0 Å². The third-order valence-corrected chi connectivity index (χ3v) is 6.46. The molecule has 2 amide bonds. The molecule has 0 aromatic heterocycles. The summed E-state index contributed by atoms with van der Waals surface area (Å²) >= 11 is 2.03. The Labute approximate surface area is 187 Å².